The van der Waals surface area contributed by atoms with Crippen LogP contribution in [0.5, 0.6) is 0 Å². The Labute approximate surface area is 142 Å². The minimum absolute atomic E-state index is 0.242. The van der Waals surface area contributed by atoms with Crippen LogP contribution >= 0.6 is 11.8 Å². The summed E-state index contributed by atoms with van der Waals surface area (Å²) in [4.78, 5) is 12.2. The zero-order valence-electron chi connectivity index (χ0n) is 13.1. The summed E-state index contributed by atoms with van der Waals surface area (Å²) in [5, 5.41) is 11.0. The predicted octanol–water partition coefficient (Wildman–Crippen LogP) is 3.33. The third-order valence-corrected chi connectivity index (χ3v) is 4.45. The third-order valence-electron chi connectivity index (χ3n) is 3.32. The first-order chi connectivity index (χ1) is 11.5. The number of anilines is 1. The highest BCUT2D eigenvalue weighted by atomic mass is 32.2. The summed E-state index contributed by atoms with van der Waals surface area (Å²) in [6.45, 7) is 1.75. The van der Waals surface area contributed by atoms with Gasteiger partial charge in [0.05, 0.1) is 11.5 Å². The second-order valence-corrected chi connectivity index (χ2v) is 6.41. The molecule has 6 nitrogen and oxygen atoms in total. The van der Waals surface area contributed by atoms with Crippen LogP contribution < -0.4 is 5.32 Å². The average molecular weight is 346 g/mol. The number of halogens is 1. The number of hydrogen-bond acceptors (Lipinski definition) is 5. The van der Waals surface area contributed by atoms with Crippen molar-refractivity contribution < 1.29 is 13.6 Å². The van der Waals surface area contributed by atoms with Crippen molar-refractivity contribution in [3.05, 3.63) is 48.5 Å². The van der Waals surface area contributed by atoms with Crippen molar-refractivity contribution in [1.29, 1.82) is 0 Å². The van der Waals surface area contributed by atoms with Crippen LogP contribution in [-0.4, -0.2) is 25.9 Å². The summed E-state index contributed by atoms with van der Waals surface area (Å²) < 4.78 is 20.2. The summed E-state index contributed by atoms with van der Waals surface area (Å²) in [5.41, 5.74) is 0.418. The second-order valence-electron chi connectivity index (χ2n) is 5.10. The molecule has 0 spiro atoms. The fourth-order valence-electron chi connectivity index (χ4n) is 2.06. The number of hydrogen-bond donors (Lipinski definition) is 1. The Balaban J connectivity index is 1.68. The maximum Gasteiger partial charge on any atom is 0.237 e. The number of carbonyl (C=O) groups excluding carboxylic acids is 1. The minimum atomic E-state index is -0.430. The quantitative estimate of drug-likeness (QED) is 0.717. The maximum absolute atomic E-state index is 13.2. The number of aromatic nitrogens is 3. The summed E-state index contributed by atoms with van der Waals surface area (Å²) >= 11 is 1.26. The molecular weight excluding hydrogens is 331 g/mol. The van der Waals surface area contributed by atoms with E-state index in [9.17, 15) is 9.18 Å². The molecule has 0 aliphatic heterocycles. The summed E-state index contributed by atoms with van der Waals surface area (Å²) in [7, 11) is 1.80. The van der Waals surface area contributed by atoms with Gasteiger partial charge < -0.3 is 14.3 Å². The molecule has 2 aromatic heterocycles. The zero-order chi connectivity index (χ0) is 17.1. The van der Waals surface area contributed by atoms with Crippen LogP contribution in [0.2, 0.25) is 0 Å². The van der Waals surface area contributed by atoms with E-state index in [1.54, 1.807) is 49.1 Å². The number of rotatable bonds is 5. The Kier molecular flexibility index (Phi) is 4.66. The van der Waals surface area contributed by atoms with Gasteiger partial charge in [0.15, 0.2) is 16.7 Å². The fourth-order valence-corrected chi connectivity index (χ4v) is 2.87. The van der Waals surface area contributed by atoms with Crippen molar-refractivity contribution in [2.45, 2.75) is 17.3 Å². The topological polar surface area (TPSA) is 73.0 Å². The summed E-state index contributed by atoms with van der Waals surface area (Å²) in [6, 6.07) is 9.33. The van der Waals surface area contributed by atoms with Crippen molar-refractivity contribution in [2.24, 2.45) is 7.05 Å². The number of amides is 1. The molecule has 0 bridgehead atoms. The van der Waals surface area contributed by atoms with Crippen LogP contribution in [0.3, 0.4) is 0 Å². The number of benzene rings is 1. The van der Waals surface area contributed by atoms with Crippen LogP contribution in [0.15, 0.2) is 52.2 Å². The number of carbonyl (C=O) groups is 1. The Bertz CT molecular complexity index is 848. The lowest BCUT2D eigenvalue weighted by Crippen LogP contribution is -2.22. The molecule has 124 valence electrons. The number of nitrogens with zero attached hydrogens (tertiary/aromatic N) is 3. The van der Waals surface area contributed by atoms with Gasteiger partial charge in [-0.05, 0) is 37.3 Å². The Morgan fingerprint density at radius 3 is 2.88 bits per heavy atom. The van der Waals surface area contributed by atoms with Gasteiger partial charge in [-0.1, -0.05) is 17.8 Å². The van der Waals surface area contributed by atoms with Gasteiger partial charge in [-0.25, -0.2) is 4.39 Å². The van der Waals surface area contributed by atoms with Crippen molar-refractivity contribution in [3.63, 3.8) is 0 Å². The highest BCUT2D eigenvalue weighted by Crippen LogP contribution is 2.26. The second kappa shape index (κ2) is 6.88. The molecule has 0 aliphatic rings. The van der Waals surface area contributed by atoms with E-state index >= 15 is 0 Å². The number of thioether (sulfide) groups is 1. The van der Waals surface area contributed by atoms with Gasteiger partial charge in [-0.2, -0.15) is 0 Å². The Hall–Kier alpha value is -2.61. The molecule has 1 N–H and O–H groups in total. The van der Waals surface area contributed by atoms with Crippen molar-refractivity contribution >= 4 is 23.4 Å². The van der Waals surface area contributed by atoms with Gasteiger partial charge >= 0.3 is 0 Å². The van der Waals surface area contributed by atoms with E-state index in [0.29, 0.717) is 22.4 Å². The lowest BCUT2D eigenvalue weighted by Gasteiger charge is -2.11. The molecule has 3 aromatic rings. The average Bonchev–Trinajstić information content (AvgIpc) is 3.18. The van der Waals surface area contributed by atoms with Crippen molar-refractivity contribution in [3.8, 4) is 11.6 Å². The number of furan rings is 1. The van der Waals surface area contributed by atoms with Crippen LogP contribution in [0, 0.1) is 5.82 Å². The minimum Gasteiger partial charge on any atom is -0.461 e. The number of nitrogens with one attached hydrogen (secondary N) is 1. The molecule has 1 aromatic carbocycles. The van der Waals surface area contributed by atoms with E-state index in [2.05, 4.69) is 15.5 Å². The fraction of sp³-hybridized carbons (Fsp3) is 0.188. The van der Waals surface area contributed by atoms with E-state index in [-0.39, 0.29) is 5.91 Å². The molecule has 0 fully saturated rings. The van der Waals surface area contributed by atoms with E-state index < -0.39 is 11.1 Å². The smallest absolute Gasteiger partial charge is 0.237 e. The molecule has 1 atom stereocenters. The third kappa shape index (κ3) is 3.48. The highest BCUT2D eigenvalue weighted by molar-refractivity contribution is 8.00. The van der Waals surface area contributed by atoms with Crippen LogP contribution in [0.1, 0.15) is 6.92 Å². The van der Waals surface area contributed by atoms with E-state index in [1.165, 1.54) is 23.9 Å². The SMILES string of the molecule is C[C@@H](Sc1nnc(-c2ccco2)n1C)C(=O)Nc1cccc(F)c1. The van der Waals surface area contributed by atoms with Crippen molar-refractivity contribution in [2.75, 3.05) is 5.32 Å². The molecule has 3 rings (SSSR count). The first-order valence-corrected chi connectivity index (χ1v) is 8.09. The maximum atomic E-state index is 13.2. The van der Waals surface area contributed by atoms with Crippen molar-refractivity contribution in [1.82, 2.24) is 14.8 Å². The zero-order valence-corrected chi connectivity index (χ0v) is 13.9. The lowest BCUT2D eigenvalue weighted by molar-refractivity contribution is -0.115. The molecular formula is C16H15FN4O2S. The van der Waals surface area contributed by atoms with Crippen LogP contribution in [0.4, 0.5) is 10.1 Å². The van der Waals surface area contributed by atoms with Gasteiger partial charge in [0.2, 0.25) is 5.91 Å². The molecule has 0 radical (unpaired) electrons. The molecule has 0 saturated heterocycles. The monoisotopic (exact) mass is 346 g/mol. The van der Waals surface area contributed by atoms with E-state index in [4.69, 9.17) is 4.42 Å². The van der Waals surface area contributed by atoms with Gasteiger partial charge in [0.1, 0.15) is 5.82 Å². The Morgan fingerprint density at radius 1 is 1.33 bits per heavy atom. The van der Waals surface area contributed by atoms with E-state index in [1.807, 2.05) is 0 Å². The normalized spacial score (nSPS) is 12.1. The summed E-state index contributed by atoms with van der Waals surface area (Å²) in [6.07, 6.45) is 1.56. The molecule has 0 unspecified atom stereocenters. The van der Waals surface area contributed by atoms with Crippen LogP contribution in [-0.2, 0) is 11.8 Å². The van der Waals surface area contributed by atoms with Gasteiger partial charge in [0.25, 0.3) is 0 Å². The molecule has 0 saturated carbocycles. The molecule has 0 aliphatic carbocycles. The highest BCUT2D eigenvalue weighted by Gasteiger charge is 2.20. The van der Waals surface area contributed by atoms with Gasteiger partial charge in [-0.15, -0.1) is 10.2 Å². The Morgan fingerprint density at radius 2 is 2.17 bits per heavy atom. The molecule has 1 amide bonds. The lowest BCUT2D eigenvalue weighted by atomic mass is 10.3. The van der Waals surface area contributed by atoms with E-state index in [0.717, 1.165) is 0 Å². The standard InChI is InChI=1S/C16H15FN4O2S/c1-10(15(22)18-12-6-3-5-11(17)9-12)24-16-20-19-14(21(16)2)13-7-4-8-23-13/h3-10H,1-2H3,(H,18,22)/t10-/m1/s1. The molecule has 2 heterocycles. The van der Waals surface area contributed by atoms with Crippen LogP contribution in [0.25, 0.3) is 11.6 Å². The van der Waals surface area contributed by atoms with Gasteiger partial charge in [-0.3, -0.25) is 4.79 Å². The first kappa shape index (κ1) is 16.3. The largest absolute Gasteiger partial charge is 0.461 e. The molecule has 8 heteroatoms. The first-order valence-electron chi connectivity index (χ1n) is 7.21. The predicted molar refractivity (Wildman–Crippen MR) is 89.1 cm³/mol. The molecule has 24 heavy (non-hydrogen) atoms. The summed E-state index contributed by atoms with van der Waals surface area (Å²) in [5.74, 6) is 0.548. The van der Waals surface area contributed by atoms with Gasteiger partial charge in [0, 0.05) is 12.7 Å².